The summed E-state index contributed by atoms with van der Waals surface area (Å²) in [5.41, 5.74) is 1.49. The molecule has 0 aliphatic heterocycles. The minimum atomic E-state index is -1.13. The number of hydrogen-bond donors (Lipinski definition) is 0. The Bertz CT molecular complexity index is 328. The van der Waals surface area contributed by atoms with E-state index in [2.05, 4.69) is 18.7 Å². The quantitative estimate of drug-likeness (QED) is 0.521. The molecule has 1 rings (SSSR count). The summed E-state index contributed by atoms with van der Waals surface area (Å²) in [5.74, 6) is -1.13. The van der Waals surface area contributed by atoms with Crippen molar-refractivity contribution in [1.29, 1.82) is 0 Å². The molecule has 0 N–H and O–H groups in total. The Kier molecular flexibility index (Phi) is 4.61. The molecule has 15 heavy (non-hydrogen) atoms. The molecule has 0 radical (unpaired) electrons. The molecule has 1 aromatic rings. The smallest absolute Gasteiger partial charge is 0.0668 e. The predicted molar refractivity (Wildman–Crippen MR) is 58.1 cm³/mol. The Labute approximate surface area is 90.3 Å². The van der Waals surface area contributed by atoms with Gasteiger partial charge in [0.15, 0.2) is 0 Å². The van der Waals surface area contributed by atoms with Crippen LogP contribution in [-0.4, -0.2) is 5.97 Å². The molecule has 0 aromatic heterocycles. The highest BCUT2D eigenvalue weighted by Crippen LogP contribution is 2.09. The fraction of sp³-hybridized carbons (Fsp3) is 0.308. The Balaban J connectivity index is 2.18. The van der Waals surface area contributed by atoms with Crippen molar-refractivity contribution < 1.29 is 9.90 Å². The number of carboxylic acids is 1. The van der Waals surface area contributed by atoms with Gasteiger partial charge in [-0.15, -0.1) is 0 Å². The highest BCUT2D eigenvalue weighted by atomic mass is 16.4. The number of rotatable bonds is 6. The highest BCUT2D eigenvalue weighted by Gasteiger charge is 1.96. The second kappa shape index (κ2) is 6.02. The van der Waals surface area contributed by atoms with Crippen molar-refractivity contribution >= 4 is 5.97 Å². The third kappa shape index (κ3) is 4.45. The van der Waals surface area contributed by atoms with Gasteiger partial charge in [0.2, 0.25) is 0 Å². The van der Waals surface area contributed by atoms with Crippen LogP contribution in [0.2, 0.25) is 0 Å². The topological polar surface area (TPSA) is 40.1 Å². The average Bonchev–Trinajstić information content (AvgIpc) is 2.25. The summed E-state index contributed by atoms with van der Waals surface area (Å²) in [7, 11) is 0. The van der Waals surface area contributed by atoms with E-state index in [0.29, 0.717) is 6.42 Å². The molecule has 0 saturated carbocycles. The second-order valence-electron chi connectivity index (χ2n) is 3.58. The van der Waals surface area contributed by atoms with E-state index in [9.17, 15) is 9.90 Å². The third-order valence-electron chi connectivity index (χ3n) is 2.33. The molecular weight excluding hydrogens is 188 g/mol. The predicted octanol–water partition coefficient (Wildman–Crippen LogP) is 1.71. The molecule has 0 atom stereocenters. The number of unbranched alkanes of at least 4 members (excludes halogenated alkanes) is 1. The standard InChI is InChI=1S/C13H16O2/c1-11(13(14)15)7-5-6-10-12-8-3-2-4-9-12/h2-4,8-9H,1,5-7,10H2,(H,14,15)/p-1. The van der Waals surface area contributed by atoms with Gasteiger partial charge in [-0.05, 0) is 36.8 Å². The van der Waals surface area contributed by atoms with Crippen molar-refractivity contribution in [3.05, 3.63) is 48.0 Å². The Morgan fingerprint density at radius 1 is 1.20 bits per heavy atom. The van der Waals surface area contributed by atoms with Gasteiger partial charge in [-0.1, -0.05) is 36.9 Å². The lowest BCUT2D eigenvalue weighted by Gasteiger charge is -2.05. The van der Waals surface area contributed by atoms with Gasteiger partial charge in [0.1, 0.15) is 0 Å². The molecule has 0 spiro atoms. The second-order valence-corrected chi connectivity index (χ2v) is 3.58. The van der Waals surface area contributed by atoms with Crippen LogP contribution < -0.4 is 5.11 Å². The molecule has 2 nitrogen and oxygen atoms in total. The molecule has 0 aliphatic rings. The van der Waals surface area contributed by atoms with Gasteiger partial charge in [-0.25, -0.2) is 0 Å². The maximum atomic E-state index is 10.4. The first-order valence-electron chi connectivity index (χ1n) is 5.13. The van der Waals surface area contributed by atoms with Crippen LogP contribution in [0.25, 0.3) is 0 Å². The average molecular weight is 203 g/mol. The van der Waals surface area contributed by atoms with Gasteiger partial charge in [0.05, 0.1) is 5.97 Å². The van der Waals surface area contributed by atoms with Gasteiger partial charge < -0.3 is 9.90 Å². The summed E-state index contributed by atoms with van der Waals surface area (Å²) in [5, 5.41) is 10.4. The van der Waals surface area contributed by atoms with Crippen molar-refractivity contribution in [2.75, 3.05) is 0 Å². The largest absolute Gasteiger partial charge is 0.545 e. The van der Waals surface area contributed by atoms with E-state index in [0.717, 1.165) is 19.3 Å². The van der Waals surface area contributed by atoms with Crippen LogP contribution in [0.4, 0.5) is 0 Å². The van der Waals surface area contributed by atoms with Crippen LogP contribution in [0.5, 0.6) is 0 Å². The zero-order valence-corrected chi connectivity index (χ0v) is 8.74. The van der Waals surface area contributed by atoms with E-state index in [4.69, 9.17) is 0 Å². The van der Waals surface area contributed by atoms with Crippen LogP contribution in [-0.2, 0) is 11.2 Å². The summed E-state index contributed by atoms with van der Waals surface area (Å²) in [4.78, 5) is 10.4. The normalized spacial score (nSPS) is 9.87. The first-order chi connectivity index (χ1) is 7.20. The van der Waals surface area contributed by atoms with E-state index in [-0.39, 0.29) is 5.57 Å². The van der Waals surface area contributed by atoms with Crippen molar-refractivity contribution in [2.45, 2.75) is 25.7 Å². The van der Waals surface area contributed by atoms with Gasteiger partial charge in [-0.3, -0.25) is 0 Å². The lowest BCUT2D eigenvalue weighted by Crippen LogP contribution is -2.23. The number of aryl methyl sites for hydroxylation is 1. The molecule has 0 heterocycles. The zero-order chi connectivity index (χ0) is 11.1. The summed E-state index contributed by atoms with van der Waals surface area (Å²) in [6, 6.07) is 10.2. The van der Waals surface area contributed by atoms with E-state index in [1.54, 1.807) is 0 Å². The van der Waals surface area contributed by atoms with Crippen molar-refractivity contribution in [3.63, 3.8) is 0 Å². The number of carboxylic acid groups (broad SMARTS) is 1. The maximum Gasteiger partial charge on any atom is 0.0668 e. The number of benzene rings is 1. The Morgan fingerprint density at radius 2 is 1.87 bits per heavy atom. The van der Waals surface area contributed by atoms with Crippen LogP contribution in [0.3, 0.4) is 0 Å². The van der Waals surface area contributed by atoms with E-state index in [1.165, 1.54) is 5.56 Å². The van der Waals surface area contributed by atoms with Crippen LogP contribution in [0.1, 0.15) is 24.8 Å². The zero-order valence-electron chi connectivity index (χ0n) is 8.74. The van der Waals surface area contributed by atoms with Gasteiger partial charge in [0, 0.05) is 0 Å². The SMILES string of the molecule is C=C(CCCCc1ccccc1)C(=O)[O-]. The molecule has 0 saturated heterocycles. The van der Waals surface area contributed by atoms with E-state index < -0.39 is 5.97 Å². The number of carbonyl (C=O) groups excluding carboxylic acids is 1. The van der Waals surface area contributed by atoms with Gasteiger partial charge in [0.25, 0.3) is 0 Å². The van der Waals surface area contributed by atoms with Gasteiger partial charge in [-0.2, -0.15) is 0 Å². The summed E-state index contributed by atoms with van der Waals surface area (Å²) >= 11 is 0. The fourth-order valence-corrected chi connectivity index (χ4v) is 1.41. The van der Waals surface area contributed by atoms with Crippen LogP contribution >= 0.6 is 0 Å². The van der Waals surface area contributed by atoms with Crippen molar-refractivity contribution in [1.82, 2.24) is 0 Å². The summed E-state index contributed by atoms with van der Waals surface area (Å²) in [6.45, 7) is 3.44. The lowest BCUT2D eigenvalue weighted by atomic mass is 10.0. The maximum absolute atomic E-state index is 10.4. The molecule has 1 aromatic carbocycles. The van der Waals surface area contributed by atoms with Gasteiger partial charge >= 0.3 is 0 Å². The number of carbonyl (C=O) groups is 1. The minimum absolute atomic E-state index is 0.197. The highest BCUT2D eigenvalue weighted by molar-refractivity contribution is 5.83. The molecule has 0 amide bonds. The molecule has 0 unspecified atom stereocenters. The number of aliphatic carboxylic acids is 1. The molecular formula is C13H15O2-. The lowest BCUT2D eigenvalue weighted by molar-refractivity contribution is -0.299. The molecule has 0 aliphatic carbocycles. The Hall–Kier alpha value is -1.57. The minimum Gasteiger partial charge on any atom is -0.545 e. The summed E-state index contributed by atoms with van der Waals surface area (Å²) < 4.78 is 0. The Morgan fingerprint density at radius 3 is 2.47 bits per heavy atom. The van der Waals surface area contributed by atoms with E-state index in [1.807, 2.05) is 18.2 Å². The van der Waals surface area contributed by atoms with E-state index >= 15 is 0 Å². The monoisotopic (exact) mass is 203 g/mol. The number of hydrogen-bond acceptors (Lipinski definition) is 2. The van der Waals surface area contributed by atoms with Crippen LogP contribution in [0, 0.1) is 0 Å². The first kappa shape index (κ1) is 11.5. The molecule has 0 fully saturated rings. The molecule has 80 valence electrons. The first-order valence-corrected chi connectivity index (χ1v) is 5.13. The molecule has 0 bridgehead atoms. The van der Waals surface area contributed by atoms with Crippen molar-refractivity contribution in [2.24, 2.45) is 0 Å². The van der Waals surface area contributed by atoms with Crippen molar-refractivity contribution in [3.8, 4) is 0 Å². The fourth-order valence-electron chi connectivity index (χ4n) is 1.41. The van der Waals surface area contributed by atoms with Crippen LogP contribution in [0.15, 0.2) is 42.5 Å². The third-order valence-corrected chi connectivity index (χ3v) is 2.33. The molecule has 2 heteroatoms. The summed E-state index contributed by atoms with van der Waals surface area (Å²) in [6.07, 6.45) is 3.34.